The van der Waals surface area contributed by atoms with Gasteiger partial charge in [-0.05, 0) is 12.5 Å². The monoisotopic (exact) mass is 244 g/mol. The van der Waals surface area contributed by atoms with Crippen LogP contribution >= 0.6 is 0 Å². The molecule has 0 aliphatic rings. The minimum Gasteiger partial charge on any atom is -0.469 e. The maximum Gasteiger partial charge on any atom is 0.307 e. The van der Waals surface area contributed by atoms with Crippen molar-refractivity contribution in [2.24, 2.45) is 5.92 Å². The number of ether oxygens (including phenoxy) is 1. The predicted molar refractivity (Wildman–Crippen MR) is 66.6 cm³/mol. The van der Waals surface area contributed by atoms with Crippen LogP contribution in [-0.4, -0.2) is 50.1 Å². The van der Waals surface area contributed by atoms with Crippen molar-refractivity contribution < 1.29 is 14.3 Å². The molecule has 0 fully saturated rings. The molecule has 0 rings (SSSR count). The summed E-state index contributed by atoms with van der Waals surface area (Å²) < 4.78 is 4.57. The van der Waals surface area contributed by atoms with Gasteiger partial charge in [-0.1, -0.05) is 20.8 Å². The van der Waals surface area contributed by atoms with Crippen molar-refractivity contribution >= 4 is 11.9 Å². The Morgan fingerprint density at radius 2 is 2.00 bits per heavy atom. The molecule has 0 spiro atoms. The molecule has 17 heavy (non-hydrogen) atoms. The number of methoxy groups -OCH3 is 1. The summed E-state index contributed by atoms with van der Waals surface area (Å²) in [6.07, 6.45) is 0.251. The van der Waals surface area contributed by atoms with Gasteiger partial charge in [0.05, 0.1) is 20.1 Å². The number of likely N-dealkylation sites (N-methyl/N-ethyl adjacent to an activating group) is 1. The molecule has 0 aromatic rings. The smallest absolute Gasteiger partial charge is 0.307 e. The Hall–Kier alpha value is -1.10. The van der Waals surface area contributed by atoms with Crippen LogP contribution in [0.1, 0.15) is 27.2 Å². The molecular weight excluding hydrogens is 220 g/mol. The lowest BCUT2D eigenvalue weighted by Crippen LogP contribution is -2.41. The fourth-order valence-electron chi connectivity index (χ4n) is 1.43. The molecule has 0 aliphatic heterocycles. The maximum atomic E-state index is 11.8. The number of nitrogens with one attached hydrogen (secondary N) is 1. The summed E-state index contributed by atoms with van der Waals surface area (Å²) in [4.78, 5) is 24.6. The summed E-state index contributed by atoms with van der Waals surface area (Å²) in [5.74, 6) is 0.137. The van der Waals surface area contributed by atoms with Crippen molar-refractivity contribution in [2.75, 3.05) is 33.3 Å². The number of hydrogen-bond donors (Lipinski definition) is 1. The molecule has 0 saturated carbocycles. The summed E-state index contributed by atoms with van der Waals surface area (Å²) >= 11 is 0. The Bertz CT molecular complexity index is 242. The van der Waals surface area contributed by atoms with Crippen molar-refractivity contribution in [3.63, 3.8) is 0 Å². The number of carbonyl (C=O) groups is 2. The zero-order valence-electron chi connectivity index (χ0n) is 11.3. The van der Waals surface area contributed by atoms with E-state index >= 15 is 0 Å². The van der Waals surface area contributed by atoms with Gasteiger partial charge in [-0.15, -0.1) is 0 Å². The minimum atomic E-state index is -0.282. The Morgan fingerprint density at radius 1 is 1.35 bits per heavy atom. The highest BCUT2D eigenvalue weighted by Crippen LogP contribution is 2.01. The van der Waals surface area contributed by atoms with Gasteiger partial charge < -0.3 is 15.0 Å². The molecule has 0 bridgehead atoms. The summed E-state index contributed by atoms with van der Waals surface area (Å²) in [6, 6.07) is 0. The van der Waals surface area contributed by atoms with Gasteiger partial charge in [-0.25, -0.2) is 0 Å². The van der Waals surface area contributed by atoms with E-state index in [4.69, 9.17) is 0 Å². The normalized spacial score (nSPS) is 10.4. The Balaban J connectivity index is 4.21. The molecule has 0 radical (unpaired) electrons. The fourth-order valence-corrected chi connectivity index (χ4v) is 1.43. The first-order chi connectivity index (χ1) is 8.01. The van der Waals surface area contributed by atoms with Crippen molar-refractivity contribution in [3.05, 3.63) is 0 Å². The minimum absolute atomic E-state index is 0.0319. The Morgan fingerprint density at radius 3 is 2.47 bits per heavy atom. The van der Waals surface area contributed by atoms with Crippen molar-refractivity contribution in [1.29, 1.82) is 0 Å². The van der Waals surface area contributed by atoms with Crippen molar-refractivity contribution in [3.8, 4) is 0 Å². The van der Waals surface area contributed by atoms with Crippen LogP contribution in [0.25, 0.3) is 0 Å². The van der Waals surface area contributed by atoms with Crippen LogP contribution in [0.3, 0.4) is 0 Å². The number of hydrogen-bond acceptors (Lipinski definition) is 4. The van der Waals surface area contributed by atoms with Crippen LogP contribution in [0.2, 0.25) is 0 Å². The zero-order valence-corrected chi connectivity index (χ0v) is 11.3. The third kappa shape index (κ3) is 7.74. The highest BCUT2D eigenvalue weighted by Gasteiger charge is 2.15. The van der Waals surface area contributed by atoms with Gasteiger partial charge in [0.2, 0.25) is 5.91 Å². The Kier molecular flexibility index (Phi) is 8.40. The SMILES string of the molecule is CCNCC(=O)N(CCC(=O)OC)CC(C)C. The van der Waals surface area contributed by atoms with Gasteiger partial charge in [0.15, 0.2) is 0 Å². The van der Waals surface area contributed by atoms with E-state index in [2.05, 4.69) is 10.1 Å². The van der Waals surface area contributed by atoms with Gasteiger partial charge in [0.25, 0.3) is 0 Å². The average molecular weight is 244 g/mol. The summed E-state index contributed by atoms with van der Waals surface area (Å²) in [6.45, 7) is 8.23. The van der Waals surface area contributed by atoms with Crippen LogP contribution < -0.4 is 5.32 Å². The van der Waals surface area contributed by atoms with E-state index in [9.17, 15) is 9.59 Å². The van der Waals surface area contributed by atoms with E-state index in [0.29, 0.717) is 25.6 Å². The summed E-state index contributed by atoms with van der Waals surface area (Å²) in [5.41, 5.74) is 0. The van der Waals surface area contributed by atoms with Crippen LogP contribution in [0.5, 0.6) is 0 Å². The van der Waals surface area contributed by atoms with Crippen LogP contribution in [-0.2, 0) is 14.3 Å². The van der Waals surface area contributed by atoms with Crippen LogP contribution in [0.4, 0.5) is 0 Å². The highest BCUT2D eigenvalue weighted by molar-refractivity contribution is 5.79. The molecule has 0 aromatic carbocycles. The lowest BCUT2D eigenvalue weighted by molar-refractivity contribution is -0.141. The van der Waals surface area contributed by atoms with Gasteiger partial charge in [-0.3, -0.25) is 9.59 Å². The Labute approximate surface area is 103 Å². The molecular formula is C12H24N2O3. The standard InChI is InChI=1S/C12H24N2O3/c1-5-13-8-11(15)14(9-10(2)3)7-6-12(16)17-4/h10,13H,5-9H2,1-4H3. The van der Waals surface area contributed by atoms with Crippen molar-refractivity contribution in [2.45, 2.75) is 27.2 Å². The second-order valence-electron chi connectivity index (χ2n) is 4.34. The quantitative estimate of drug-likeness (QED) is 0.637. The number of rotatable bonds is 8. The number of carbonyl (C=O) groups excluding carboxylic acids is 2. The molecule has 0 saturated heterocycles. The lowest BCUT2D eigenvalue weighted by Gasteiger charge is -2.24. The van der Waals surface area contributed by atoms with E-state index in [1.807, 2.05) is 20.8 Å². The molecule has 0 unspecified atom stereocenters. The molecule has 5 heteroatoms. The first kappa shape index (κ1) is 15.9. The topological polar surface area (TPSA) is 58.6 Å². The summed E-state index contributed by atoms with van der Waals surface area (Å²) in [5, 5.41) is 3.00. The van der Waals surface area contributed by atoms with Crippen molar-refractivity contribution in [1.82, 2.24) is 10.2 Å². The largest absolute Gasteiger partial charge is 0.469 e. The second kappa shape index (κ2) is 8.98. The van der Waals surface area contributed by atoms with Gasteiger partial charge in [0, 0.05) is 13.1 Å². The van der Waals surface area contributed by atoms with Gasteiger partial charge in [0.1, 0.15) is 0 Å². The van der Waals surface area contributed by atoms with E-state index in [1.165, 1.54) is 7.11 Å². The molecule has 0 heterocycles. The zero-order chi connectivity index (χ0) is 13.3. The molecule has 0 aliphatic carbocycles. The fraction of sp³-hybridized carbons (Fsp3) is 0.833. The maximum absolute atomic E-state index is 11.8. The van der Waals surface area contributed by atoms with Gasteiger partial charge >= 0.3 is 5.97 Å². The van der Waals surface area contributed by atoms with E-state index in [0.717, 1.165) is 6.54 Å². The van der Waals surface area contributed by atoms with Crippen LogP contribution in [0, 0.1) is 5.92 Å². The first-order valence-corrected chi connectivity index (χ1v) is 6.06. The van der Waals surface area contributed by atoms with Gasteiger partial charge in [-0.2, -0.15) is 0 Å². The number of nitrogens with zero attached hydrogens (tertiary/aromatic N) is 1. The first-order valence-electron chi connectivity index (χ1n) is 6.06. The molecule has 100 valence electrons. The van der Waals surface area contributed by atoms with E-state index < -0.39 is 0 Å². The molecule has 5 nitrogen and oxygen atoms in total. The number of esters is 1. The third-order valence-electron chi connectivity index (χ3n) is 2.28. The van der Waals surface area contributed by atoms with E-state index in [-0.39, 0.29) is 18.3 Å². The summed E-state index contributed by atoms with van der Waals surface area (Å²) in [7, 11) is 1.36. The molecule has 1 N–H and O–H groups in total. The third-order valence-corrected chi connectivity index (χ3v) is 2.28. The number of amides is 1. The van der Waals surface area contributed by atoms with Crippen LogP contribution in [0.15, 0.2) is 0 Å². The second-order valence-corrected chi connectivity index (χ2v) is 4.34. The average Bonchev–Trinajstić information content (AvgIpc) is 2.30. The molecule has 0 aromatic heterocycles. The highest BCUT2D eigenvalue weighted by atomic mass is 16.5. The predicted octanol–water partition coefficient (Wildman–Crippen LogP) is 0.644. The van der Waals surface area contributed by atoms with E-state index in [1.54, 1.807) is 4.90 Å². The lowest BCUT2D eigenvalue weighted by atomic mass is 10.2. The molecule has 1 amide bonds. The molecule has 0 atom stereocenters.